The van der Waals surface area contributed by atoms with E-state index in [0.717, 1.165) is 38.5 Å². The summed E-state index contributed by atoms with van der Waals surface area (Å²) in [5, 5.41) is 0. The van der Waals surface area contributed by atoms with Crippen molar-refractivity contribution in [1.82, 2.24) is 0 Å². The lowest BCUT2D eigenvalue weighted by molar-refractivity contribution is -0.102. The minimum atomic E-state index is -2.89. The molecule has 0 saturated heterocycles. The summed E-state index contributed by atoms with van der Waals surface area (Å²) in [5.41, 5.74) is 0.650. The van der Waals surface area contributed by atoms with E-state index >= 15 is 0 Å². The number of hydrogen-bond donors (Lipinski definition) is 0. The van der Waals surface area contributed by atoms with Crippen molar-refractivity contribution in [2.24, 2.45) is 11.8 Å². The zero-order valence-electron chi connectivity index (χ0n) is 14.8. The lowest BCUT2D eigenvalue weighted by Gasteiger charge is -2.33. The Morgan fingerprint density at radius 3 is 2.23 bits per heavy atom. The average molecular weight is 374 g/mol. The maximum Gasteiger partial charge on any atom is 0.387 e. The van der Waals surface area contributed by atoms with Crippen LogP contribution in [0.5, 0.6) is 5.75 Å². The van der Waals surface area contributed by atoms with Gasteiger partial charge in [0.1, 0.15) is 11.9 Å². The summed E-state index contributed by atoms with van der Waals surface area (Å²) in [7, 11) is 0. The Balaban J connectivity index is 1.84. The molecule has 1 aliphatic carbocycles. The van der Waals surface area contributed by atoms with Crippen molar-refractivity contribution in [2.45, 2.75) is 64.3 Å². The minimum Gasteiger partial charge on any atom is -0.435 e. The molecule has 1 aliphatic rings. The van der Waals surface area contributed by atoms with Gasteiger partial charge in [0.25, 0.3) is 6.43 Å². The second-order valence-electron chi connectivity index (χ2n) is 6.78. The third-order valence-electron chi connectivity index (χ3n) is 4.97. The highest BCUT2D eigenvalue weighted by Gasteiger charge is 2.33. The van der Waals surface area contributed by atoms with E-state index in [2.05, 4.69) is 11.3 Å². The molecule has 2 rings (SSSR count). The van der Waals surface area contributed by atoms with Crippen LogP contribution < -0.4 is 4.74 Å². The van der Waals surface area contributed by atoms with Gasteiger partial charge in [-0.3, -0.25) is 0 Å². The molecule has 0 aliphatic heterocycles. The van der Waals surface area contributed by atoms with Crippen LogP contribution in [0.2, 0.25) is 0 Å². The fraction of sp³-hybridized carbons (Fsp3) is 0.600. The Labute approximate surface area is 152 Å². The van der Waals surface area contributed by atoms with Gasteiger partial charge in [0.05, 0.1) is 6.61 Å². The van der Waals surface area contributed by atoms with Gasteiger partial charge in [-0.1, -0.05) is 31.1 Å². The van der Waals surface area contributed by atoms with Gasteiger partial charge in [0.2, 0.25) is 0 Å². The molecule has 0 heterocycles. The van der Waals surface area contributed by atoms with Crippen molar-refractivity contribution in [3.8, 4) is 5.75 Å². The zero-order chi connectivity index (χ0) is 18.9. The molecule has 0 bridgehead atoms. The van der Waals surface area contributed by atoms with Gasteiger partial charge in [0.15, 0.2) is 0 Å². The summed E-state index contributed by atoms with van der Waals surface area (Å²) in [6.45, 7) is 0.861. The number of halogens is 4. The van der Waals surface area contributed by atoms with E-state index in [1.807, 2.05) is 6.08 Å². The average Bonchev–Trinajstić information content (AvgIpc) is 2.62. The maximum absolute atomic E-state index is 13.5. The Hall–Kier alpha value is -1.56. The van der Waals surface area contributed by atoms with Crippen molar-refractivity contribution >= 4 is 0 Å². The Morgan fingerprint density at radius 1 is 1.04 bits per heavy atom. The van der Waals surface area contributed by atoms with Crippen LogP contribution in [-0.2, 0) is 11.3 Å². The van der Waals surface area contributed by atoms with Gasteiger partial charge in [-0.2, -0.15) is 8.78 Å². The topological polar surface area (TPSA) is 18.5 Å². The van der Waals surface area contributed by atoms with Crippen molar-refractivity contribution in [3.63, 3.8) is 0 Å². The number of ether oxygens (including phenoxy) is 2. The van der Waals surface area contributed by atoms with Crippen LogP contribution in [0.25, 0.3) is 0 Å². The number of alkyl halides is 4. The van der Waals surface area contributed by atoms with Gasteiger partial charge < -0.3 is 9.47 Å². The van der Waals surface area contributed by atoms with Crippen molar-refractivity contribution in [2.75, 3.05) is 0 Å². The molecule has 1 saturated carbocycles. The molecule has 0 amide bonds. The molecule has 1 aromatic rings. The van der Waals surface area contributed by atoms with E-state index in [-0.39, 0.29) is 18.3 Å². The second-order valence-corrected chi connectivity index (χ2v) is 6.78. The van der Waals surface area contributed by atoms with Crippen LogP contribution in [0.4, 0.5) is 17.6 Å². The quantitative estimate of drug-likeness (QED) is 0.358. The monoisotopic (exact) mass is 374 g/mol. The molecule has 2 nitrogen and oxygen atoms in total. The first-order valence-corrected chi connectivity index (χ1v) is 9.04. The van der Waals surface area contributed by atoms with Crippen LogP contribution >= 0.6 is 0 Å². The third-order valence-corrected chi connectivity index (χ3v) is 4.97. The number of allylic oxidation sites excluding steroid dienone is 1. The number of benzene rings is 1. The fourth-order valence-electron chi connectivity index (χ4n) is 3.53. The van der Waals surface area contributed by atoms with Crippen LogP contribution in [0.1, 0.15) is 44.1 Å². The van der Waals surface area contributed by atoms with Crippen LogP contribution in [0.3, 0.4) is 0 Å². The maximum atomic E-state index is 13.5. The van der Waals surface area contributed by atoms with E-state index in [0.29, 0.717) is 11.5 Å². The number of hydrogen-bond acceptors (Lipinski definition) is 2. The SMILES string of the molecule is C=CCCC1CCC(C(OCc2ccc(OC(F)F)cc2)C(F)F)CC1. The van der Waals surface area contributed by atoms with E-state index in [1.165, 1.54) is 12.1 Å². The van der Waals surface area contributed by atoms with E-state index < -0.39 is 19.1 Å². The van der Waals surface area contributed by atoms with Gasteiger partial charge >= 0.3 is 6.61 Å². The fourth-order valence-corrected chi connectivity index (χ4v) is 3.53. The predicted molar refractivity (Wildman–Crippen MR) is 92.5 cm³/mol. The van der Waals surface area contributed by atoms with E-state index in [9.17, 15) is 17.6 Å². The van der Waals surface area contributed by atoms with Gasteiger partial charge in [-0.05, 0) is 55.2 Å². The molecule has 1 unspecified atom stereocenters. The minimum absolute atomic E-state index is 0.0281. The van der Waals surface area contributed by atoms with E-state index in [1.54, 1.807) is 12.1 Å². The normalized spacial score (nSPS) is 21.8. The van der Waals surface area contributed by atoms with Crippen molar-refractivity contribution in [3.05, 3.63) is 42.5 Å². The summed E-state index contributed by atoms with van der Waals surface area (Å²) in [6.07, 6.45) is 3.71. The van der Waals surface area contributed by atoms with Gasteiger partial charge in [0, 0.05) is 0 Å². The zero-order valence-corrected chi connectivity index (χ0v) is 14.8. The highest BCUT2D eigenvalue weighted by molar-refractivity contribution is 5.26. The van der Waals surface area contributed by atoms with Gasteiger partial charge in [-0.25, -0.2) is 8.78 Å². The Kier molecular flexibility index (Phi) is 8.42. The molecule has 6 heteroatoms. The smallest absolute Gasteiger partial charge is 0.387 e. The lowest BCUT2D eigenvalue weighted by atomic mass is 9.77. The molecule has 0 spiro atoms. The molecule has 1 aromatic carbocycles. The summed E-state index contributed by atoms with van der Waals surface area (Å²) < 4.78 is 60.9. The first kappa shape index (κ1) is 20.7. The molecule has 1 atom stereocenters. The third kappa shape index (κ3) is 6.63. The van der Waals surface area contributed by atoms with Crippen molar-refractivity contribution in [1.29, 1.82) is 0 Å². The predicted octanol–water partition coefficient (Wildman–Crippen LogP) is 6.21. The second kappa shape index (κ2) is 10.6. The lowest BCUT2D eigenvalue weighted by Crippen LogP contribution is -2.34. The summed E-state index contributed by atoms with van der Waals surface area (Å²) in [6, 6.07) is 5.86. The van der Waals surface area contributed by atoms with Crippen LogP contribution in [0, 0.1) is 11.8 Å². The number of rotatable bonds is 10. The summed E-state index contributed by atoms with van der Waals surface area (Å²) >= 11 is 0. The van der Waals surface area contributed by atoms with Crippen LogP contribution in [0.15, 0.2) is 36.9 Å². The molecule has 146 valence electrons. The van der Waals surface area contributed by atoms with Gasteiger partial charge in [-0.15, -0.1) is 6.58 Å². The molecule has 0 aromatic heterocycles. The summed E-state index contributed by atoms with van der Waals surface area (Å²) in [5.74, 6) is 0.480. The first-order valence-electron chi connectivity index (χ1n) is 9.04. The highest BCUT2D eigenvalue weighted by atomic mass is 19.3. The summed E-state index contributed by atoms with van der Waals surface area (Å²) in [4.78, 5) is 0. The molecular weight excluding hydrogens is 348 g/mol. The Morgan fingerprint density at radius 2 is 1.69 bits per heavy atom. The molecular formula is C20H26F4O2. The van der Waals surface area contributed by atoms with E-state index in [4.69, 9.17) is 4.74 Å². The molecule has 0 N–H and O–H groups in total. The molecule has 26 heavy (non-hydrogen) atoms. The largest absolute Gasteiger partial charge is 0.435 e. The Bertz CT molecular complexity index is 525. The molecule has 0 radical (unpaired) electrons. The van der Waals surface area contributed by atoms with Crippen molar-refractivity contribution < 1.29 is 27.0 Å². The highest BCUT2D eigenvalue weighted by Crippen LogP contribution is 2.36. The first-order chi connectivity index (χ1) is 12.5. The van der Waals surface area contributed by atoms with Crippen LogP contribution in [-0.4, -0.2) is 19.1 Å². The molecule has 1 fully saturated rings. The standard InChI is InChI=1S/C20H26F4O2/c1-2-3-4-14-5-9-16(10-6-14)18(19(21)22)25-13-15-7-11-17(12-8-15)26-20(23)24/h2,7-8,11-12,14,16,18-20H,1,3-6,9-10,13H2.